The minimum Gasteiger partial charge on any atom is -1.00 e. The highest BCUT2D eigenvalue weighted by Gasteiger charge is 2.20. The molecule has 0 unspecified atom stereocenters. The van der Waals surface area contributed by atoms with E-state index in [9.17, 15) is 0 Å². The van der Waals surface area contributed by atoms with Crippen molar-refractivity contribution in [3.05, 3.63) is 34.8 Å². The van der Waals surface area contributed by atoms with Gasteiger partial charge < -0.3 is 28.9 Å². The van der Waals surface area contributed by atoms with E-state index in [-0.39, 0.29) is 24.0 Å². The first kappa shape index (κ1) is 18.4. The number of rotatable bonds is 5. The van der Waals surface area contributed by atoms with Crippen LogP contribution >= 0.6 is 11.3 Å². The number of unbranched alkanes of at least 4 members (excludes halogenated alkanes) is 1. The van der Waals surface area contributed by atoms with E-state index in [1.165, 1.54) is 46.1 Å². The summed E-state index contributed by atoms with van der Waals surface area (Å²) in [5.41, 5.74) is 3.97. The van der Waals surface area contributed by atoms with Crippen LogP contribution < -0.4 is 33.4 Å². The van der Waals surface area contributed by atoms with Gasteiger partial charge in [-0.2, -0.15) is 4.57 Å². The van der Waals surface area contributed by atoms with Crippen molar-refractivity contribution < 1.29 is 28.5 Å². The Bertz CT molecular complexity index is 573. The van der Waals surface area contributed by atoms with Gasteiger partial charge >= 0.3 is 0 Å². The van der Waals surface area contributed by atoms with Gasteiger partial charge in [0.1, 0.15) is 7.05 Å². The number of aromatic nitrogens is 1. The summed E-state index contributed by atoms with van der Waals surface area (Å²) >= 11 is 1.94. The highest BCUT2D eigenvalue weighted by Crippen LogP contribution is 2.28. The zero-order valence-corrected chi connectivity index (χ0v) is 16.6. The number of anilines is 1. The third-order valence-corrected chi connectivity index (χ3v) is 5.27. The summed E-state index contributed by atoms with van der Waals surface area (Å²) in [6, 6.07) is 8.83. The fourth-order valence-electron chi connectivity index (χ4n) is 2.32. The molecule has 1 heterocycles. The van der Waals surface area contributed by atoms with Gasteiger partial charge in [0.25, 0.3) is 5.01 Å². The molecule has 2 aromatic rings. The maximum absolute atomic E-state index is 2.33. The number of hydrogen-bond donors (Lipinski definition) is 0. The van der Waals surface area contributed by atoms with Gasteiger partial charge in [-0.15, -0.1) is 0 Å². The molecule has 2 nitrogen and oxygen atoms in total. The smallest absolute Gasteiger partial charge is 0.269 e. The Morgan fingerprint density at radius 3 is 2.29 bits per heavy atom. The summed E-state index contributed by atoms with van der Waals surface area (Å²) in [6.45, 7) is 4.49. The van der Waals surface area contributed by atoms with Crippen LogP contribution in [0, 0.1) is 6.92 Å². The zero-order valence-electron chi connectivity index (χ0n) is 13.6. The predicted molar refractivity (Wildman–Crippen MR) is 88.6 cm³/mol. The minimum absolute atomic E-state index is 0. The SMILES string of the molecule is CCCCc1sc(-c2ccc(N(C)C)cc2)[n+](C)c1C.[I-]. The van der Waals surface area contributed by atoms with Crippen LogP contribution in [0.4, 0.5) is 5.69 Å². The van der Waals surface area contributed by atoms with Crippen LogP contribution in [-0.2, 0) is 13.5 Å². The van der Waals surface area contributed by atoms with E-state index >= 15 is 0 Å². The number of benzene rings is 1. The van der Waals surface area contributed by atoms with E-state index in [1.54, 1.807) is 0 Å². The minimum atomic E-state index is 0. The quantitative estimate of drug-likeness (QED) is 0.521. The molecule has 0 spiro atoms. The second kappa shape index (κ2) is 8.13. The maximum Gasteiger partial charge on any atom is 0.269 e. The molecular weight excluding hydrogens is 391 g/mol. The fourth-order valence-corrected chi connectivity index (χ4v) is 3.61. The van der Waals surface area contributed by atoms with Crippen molar-refractivity contribution in [1.82, 2.24) is 0 Å². The molecule has 0 saturated heterocycles. The number of hydrogen-bond acceptors (Lipinski definition) is 2. The van der Waals surface area contributed by atoms with Crippen LogP contribution in [0.25, 0.3) is 10.6 Å². The highest BCUT2D eigenvalue weighted by atomic mass is 127. The molecule has 0 amide bonds. The molecule has 0 aliphatic heterocycles. The first-order chi connectivity index (χ1) is 9.54. The predicted octanol–water partition coefficient (Wildman–Crippen LogP) is 0.961. The molecule has 1 aromatic carbocycles. The topological polar surface area (TPSA) is 7.12 Å². The van der Waals surface area contributed by atoms with Crippen LogP contribution in [0.3, 0.4) is 0 Å². The molecule has 0 radical (unpaired) electrons. The molecule has 0 aliphatic rings. The summed E-state index contributed by atoms with van der Waals surface area (Å²) < 4.78 is 2.33. The molecule has 0 bridgehead atoms. The van der Waals surface area contributed by atoms with Crippen molar-refractivity contribution in [2.24, 2.45) is 7.05 Å². The second-order valence-corrected chi connectivity index (χ2v) is 6.60. The van der Waals surface area contributed by atoms with E-state index in [1.807, 2.05) is 11.3 Å². The lowest BCUT2D eigenvalue weighted by molar-refractivity contribution is -0.662. The molecule has 0 N–H and O–H groups in total. The van der Waals surface area contributed by atoms with Crippen LogP contribution in [0.15, 0.2) is 24.3 Å². The molecule has 4 heteroatoms. The molecule has 2 rings (SSSR count). The summed E-state index contributed by atoms with van der Waals surface area (Å²) in [5, 5.41) is 1.36. The molecule has 0 atom stereocenters. The van der Waals surface area contributed by atoms with Crippen LogP contribution in [0.2, 0.25) is 0 Å². The zero-order chi connectivity index (χ0) is 14.7. The lowest BCUT2D eigenvalue weighted by atomic mass is 10.2. The average molecular weight is 416 g/mol. The average Bonchev–Trinajstić information content (AvgIpc) is 2.73. The Hall–Kier alpha value is -0.620. The monoisotopic (exact) mass is 416 g/mol. The maximum atomic E-state index is 2.33. The van der Waals surface area contributed by atoms with Crippen molar-refractivity contribution in [3.63, 3.8) is 0 Å². The van der Waals surface area contributed by atoms with E-state index in [4.69, 9.17) is 0 Å². The normalized spacial score (nSPS) is 10.3. The van der Waals surface area contributed by atoms with Gasteiger partial charge in [0.2, 0.25) is 0 Å². The van der Waals surface area contributed by atoms with E-state index < -0.39 is 0 Å². The van der Waals surface area contributed by atoms with Gasteiger partial charge in [0, 0.05) is 26.7 Å². The van der Waals surface area contributed by atoms with E-state index in [2.05, 4.69) is 68.7 Å². The summed E-state index contributed by atoms with van der Waals surface area (Å²) in [4.78, 5) is 3.66. The highest BCUT2D eigenvalue weighted by molar-refractivity contribution is 7.14. The van der Waals surface area contributed by atoms with Crippen molar-refractivity contribution >= 4 is 17.0 Å². The Morgan fingerprint density at radius 2 is 1.76 bits per heavy atom. The van der Waals surface area contributed by atoms with E-state index in [0.29, 0.717) is 0 Å². The molecule has 0 aliphatic carbocycles. The van der Waals surface area contributed by atoms with Crippen molar-refractivity contribution in [2.45, 2.75) is 33.1 Å². The van der Waals surface area contributed by atoms with Gasteiger partial charge in [-0.1, -0.05) is 24.7 Å². The van der Waals surface area contributed by atoms with Crippen molar-refractivity contribution in [1.29, 1.82) is 0 Å². The van der Waals surface area contributed by atoms with Crippen LogP contribution in [0.1, 0.15) is 30.3 Å². The number of halogens is 1. The van der Waals surface area contributed by atoms with Gasteiger partial charge in [-0.25, -0.2) is 0 Å². The van der Waals surface area contributed by atoms with Gasteiger partial charge in [0.15, 0.2) is 5.69 Å². The molecule has 0 fully saturated rings. The third-order valence-electron chi connectivity index (χ3n) is 3.82. The van der Waals surface area contributed by atoms with Crippen molar-refractivity contribution in [2.75, 3.05) is 19.0 Å². The number of aryl methyl sites for hydroxylation is 1. The first-order valence-corrected chi connectivity index (χ1v) is 8.12. The standard InChI is InChI=1S/C17H25N2S.HI/c1-6-7-8-16-13(2)19(5)17(20-16)14-9-11-15(12-10-14)18(3)4;/h9-12H,6-8H2,1-5H3;1H/q+1;/p-1. The summed E-state index contributed by atoms with van der Waals surface area (Å²) in [6.07, 6.45) is 3.74. The van der Waals surface area contributed by atoms with Gasteiger partial charge in [0.05, 0.1) is 10.4 Å². The van der Waals surface area contributed by atoms with Crippen molar-refractivity contribution in [3.8, 4) is 10.6 Å². The largest absolute Gasteiger partial charge is 1.00 e. The number of nitrogens with zero attached hydrogens (tertiary/aromatic N) is 2. The fraction of sp³-hybridized carbons (Fsp3) is 0.471. The second-order valence-electron chi connectivity index (χ2n) is 5.52. The van der Waals surface area contributed by atoms with Gasteiger partial charge in [-0.05, 0) is 37.1 Å². The molecular formula is C17H25IN2S. The summed E-state index contributed by atoms with van der Waals surface area (Å²) in [7, 11) is 6.33. The Morgan fingerprint density at radius 1 is 1.14 bits per heavy atom. The van der Waals surface area contributed by atoms with Crippen LogP contribution in [-0.4, -0.2) is 14.1 Å². The molecule has 116 valence electrons. The molecule has 21 heavy (non-hydrogen) atoms. The summed E-state index contributed by atoms with van der Waals surface area (Å²) in [5.74, 6) is 0. The molecule has 1 aromatic heterocycles. The Balaban J connectivity index is 0.00000220. The third kappa shape index (κ3) is 4.19. The van der Waals surface area contributed by atoms with E-state index in [0.717, 1.165) is 0 Å². The lowest BCUT2D eigenvalue weighted by Crippen LogP contribution is -3.00. The Labute approximate surface area is 149 Å². The molecule has 0 saturated carbocycles. The van der Waals surface area contributed by atoms with Gasteiger partial charge in [-0.3, -0.25) is 0 Å². The first-order valence-electron chi connectivity index (χ1n) is 7.30. The number of thiazole rings is 1. The lowest BCUT2D eigenvalue weighted by Gasteiger charge is -2.11. The Kier molecular flexibility index (Phi) is 7.13. The van der Waals surface area contributed by atoms with Crippen LogP contribution in [0.5, 0.6) is 0 Å².